The van der Waals surface area contributed by atoms with Gasteiger partial charge in [0.1, 0.15) is 17.1 Å². The fourth-order valence-corrected chi connectivity index (χ4v) is 3.42. The smallest absolute Gasteiger partial charge is 0.164 e. The predicted molar refractivity (Wildman–Crippen MR) is 89.8 cm³/mol. The highest BCUT2D eigenvalue weighted by Gasteiger charge is 2.23. The van der Waals surface area contributed by atoms with Crippen molar-refractivity contribution in [2.75, 3.05) is 20.1 Å². The molecule has 0 saturated carbocycles. The summed E-state index contributed by atoms with van der Waals surface area (Å²) in [6.45, 7) is 2.27. The van der Waals surface area contributed by atoms with Crippen LogP contribution < -0.4 is 0 Å². The molecule has 0 radical (unpaired) electrons. The van der Waals surface area contributed by atoms with E-state index < -0.39 is 0 Å². The van der Waals surface area contributed by atoms with Gasteiger partial charge in [0.05, 0.1) is 0 Å². The second-order valence-electron chi connectivity index (χ2n) is 6.35. The highest BCUT2D eigenvalue weighted by Crippen LogP contribution is 2.25. The van der Waals surface area contributed by atoms with Crippen LogP contribution in [-0.4, -0.2) is 44.7 Å². The molecule has 1 fully saturated rings. The van der Waals surface area contributed by atoms with E-state index >= 15 is 0 Å². The van der Waals surface area contributed by atoms with Crippen molar-refractivity contribution in [3.05, 3.63) is 48.4 Å². The summed E-state index contributed by atoms with van der Waals surface area (Å²) in [7, 11) is 2.17. The number of hydrogen-bond donors (Lipinski definition) is 1. The van der Waals surface area contributed by atoms with E-state index in [1.807, 2.05) is 24.3 Å². The minimum absolute atomic E-state index is 0.269. The maximum atomic E-state index is 9.55. The van der Waals surface area contributed by atoms with Gasteiger partial charge >= 0.3 is 0 Å². The van der Waals surface area contributed by atoms with Crippen LogP contribution in [0.4, 0.5) is 0 Å². The van der Waals surface area contributed by atoms with Crippen LogP contribution in [0.2, 0.25) is 0 Å². The zero-order valence-electron chi connectivity index (χ0n) is 13.2. The minimum atomic E-state index is 0.269. The Balaban J connectivity index is 1.79. The number of imidazole rings is 1. The monoisotopic (exact) mass is 308 g/mol. The lowest BCUT2D eigenvalue weighted by Gasteiger charge is -2.13. The van der Waals surface area contributed by atoms with Crippen molar-refractivity contribution in [2.24, 2.45) is 5.92 Å². The lowest BCUT2D eigenvalue weighted by Crippen LogP contribution is -2.16. The molecular formula is C18H20N4O. The van der Waals surface area contributed by atoms with Crippen LogP contribution in [0.5, 0.6) is 5.75 Å². The van der Waals surface area contributed by atoms with Crippen molar-refractivity contribution >= 4 is 11.2 Å². The van der Waals surface area contributed by atoms with E-state index in [0.29, 0.717) is 5.92 Å². The van der Waals surface area contributed by atoms with Gasteiger partial charge in [-0.15, -0.1) is 0 Å². The lowest BCUT2D eigenvalue weighted by molar-refractivity contribution is 0.392. The molecule has 0 aliphatic carbocycles. The number of benzene rings is 1. The van der Waals surface area contributed by atoms with Gasteiger partial charge in [-0.3, -0.25) is 4.57 Å². The maximum absolute atomic E-state index is 9.55. The summed E-state index contributed by atoms with van der Waals surface area (Å²) in [6.07, 6.45) is 3.96. The number of hydrogen-bond acceptors (Lipinski definition) is 4. The quantitative estimate of drug-likeness (QED) is 0.808. The summed E-state index contributed by atoms with van der Waals surface area (Å²) in [5, 5.41) is 9.55. The molecule has 5 heteroatoms. The normalized spacial score (nSPS) is 18.7. The SMILES string of the molecule is CN1CCC(Cc2nc3cccnc3n2-c2ccc(O)cc2)C1. The van der Waals surface area contributed by atoms with Crippen LogP contribution in [0.1, 0.15) is 12.2 Å². The number of fused-ring (bicyclic) bond motifs is 1. The van der Waals surface area contributed by atoms with E-state index in [1.54, 1.807) is 18.3 Å². The molecule has 0 amide bonds. The number of nitrogens with zero attached hydrogens (tertiary/aromatic N) is 4. The Hall–Kier alpha value is -2.40. The van der Waals surface area contributed by atoms with Gasteiger partial charge in [0, 0.05) is 24.8 Å². The number of phenols is 1. The van der Waals surface area contributed by atoms with Crippen molar-refractivity contribution in [3.8, 4) is 11.4 Å². The number of aromatic hydroxyl groups is 1. The fraction of sp³-hybridized carbons (Fsp3) is 0.333. The third kappa shape index (κ3) is 2.68. The highest BCUT2D eigenvalue weighted by atomic mass is 16.3. The summed E-state index contributed by atoms with van der Waals surface area (Å²) in [4.78, 5) is 11.7. The molecule has 0 spiro atoms. The molecule has 1 unspecified atom stereocenters. The molecule has 1 aliphatic rings. The molecule has 0 bridgehead atoms. The van der Waals surface area contributed by atoms with Gasteiger partial charge in [0.15, 0.2) is 5.65 Å². The molecule has 1 saturated heterocycles. The molecule has 5 nitrogen and oxygen atoms in total. The van der Waals surface area contributed by atoms with Gasteiger partial charge < -0.3 is 10.0 Å². The Morgan fingerprint density at radius 3 is 2.78 bits per heavy atom. The Labute approximate surface area is 135 Å². The van der Waals surface area contributed by atoms with E-state index in [0.717, 1.165) is 42.2 Å². The van der Waals surface area contributed by atoms with Gasteiger partial charge in [0.2, 0.25) is 0 Å². The second-order valence-corrected chi connectivity index (χ2v) is 6.35. The molecule has 118 valence electrons. The van der Waals surface area contributed by atoms with Crippen LogP contribution in [0.15, 0.2) is 42.6 Å². The average Bonchev–Trinajstić information content (AvgIpc) is 3.12. The van der Waals surface area contributed by atoms with Crippen LogP contribution in [-0.2, 0) is 6.42 Å². The summed E-state index contributed by atoms with van der Waals surface area (Å²) in [5.74, 6) is 1.95. The minimum Gasteiger partial charge on any atom is -0.508 e. The summed E-state index contributed by atoms with van der Waals surface area (Å²) < 4.78 is 2.12. The van der Waals surface area contributed by atoms with Crippen LogP contribution in [0, 0.1) is 5.92 Å². The van der Waals surface area contributed by atoms with Crippen molar-refractivity contribution in [1.29, 1.82) is 0 Å². The molecule has 3 aromatic rings. The van der Waals surface area contributed by atoms with Gasteiger partial charge in [-0.2, -0.15) is 0 Å². The molecule has 23 heavy (non-hydrogen) atoms. The first-order chi connectivity index (χ1) is 11.2. The van der Waals surface area contributed by atoms with Crippen molar-refractivity contribution < 1.29 is 5.11 Å². The Bertz CT molecular complexity index is 825. The lowest BCUT2D eigenvalue weighted by atomic mass is 10.0. The highest BCUT2D eigenvalue weighted by molar-refractivity contribution is 5.73. The number of aromatic nitrogens is 3. The largest absolute Gasteiger partial charge is 0.508 e. The Morgan fingerprint density at radius 1 is 1.22 bits per heavy atom. The maximum Gasteiger partial charge on any atom is 0.164 e. The van der Waals surface area contributed by atoms with Crippen molar-refractivity contribution in [1.82, 2.24) is 19.4 Å². The van der Waals surface area contributed by atoms with Crippen LogP contribution in [0.25, 0.3) is 16.9 Å². The Morgan fingerprint density at radius 2 is 2.04 bits per heavy atom. The van der Waals surface area contributed by atoms with E-state index in [2.05, 4.69) is 21.5 Å². The van der Waals surface area contributed by atoms with Crippen molar-refractivity contribution in [2.45, 2.75) is 12.8 Å². The summed E-state index contributed by atoms with van der Waals surface area (Å²) >= 11 is 0. The van der Waals surface area contributed by atoms with Gasteiger partial charge in [-0.05, 0) is 62.3 Å². The van der Waals surface area contributed by atoms with Crippen molar-refractivity contribution in [3.63, 3.8) is 0 Å². The van der Waals surface area contributed by atoms with Gasteiger partial charge in [-0.25, -0.2) is 9.97 Å². The molecule has 2 aromatic heterocycles. The zero-order valence-corrected chi connectivity index (χ0v) is 13.2. The first-order valence-corrected chi connectivity index (χ1v) is 8.01. The molecular weight excluding hydrogens is 288 g/mol. The second kappa shape index (κ2) is 5.66. The standard InChI is InChI=1S/C18H20N4O/c1-21-10-8-13(12-21)11-17-20-16-3-2-9-19-18(16)22(17)14-4-6-15(23)7-5-14/h2-7,9,13,23H,8,10-12H2,1H3. The van der Waals surface area contributed by atoms with Gasteiger partial charge in [0.25, 0.3) is 0 Å². The summed E-state index contributed by atoms with van der Waals surface area (Å²) in [5.41, 5.74) is 2.78. The third-order valence-corrected chi connectivity index (χ3v) is 4.55. The van der Waals surface area contributed by atoms with E-state index in [1.165, 1.54) is 6.42 Å². The van der Waals surface area contributed by atoms with Crippen LogP contribution >= 0.6 is 0 Å². The molecule has 3 heterocycles. The fourth-order valence-electron chi connectivity index (χ4n) is 3.42. The third-order valence-electron chi connectivity index (χ3n) is 4.55. The predicted octanol–water partition coefficient (Wildman–Crippen LogP) is 2.62. The molecule has 1 N–H and O–H groups in total. The summed E-state index contributed by atoms with van der Waals surface area (Å²) in [6, 6.07) is 11.2. The van der Waals surface area contributed by atoms with Gasteiger partial charge in [-0.1, -0.05) is 0 Å². The van der Waals surface area contributed by atoms with E-state index in [4.69, 9.17) is 4.98 Å². The molecule has 1 aliphatic heterocycles. The number of pyridine rings is 1. The zero-order chi connectivity index (χ0) is 15.8. The Kier molecular flexibility index (Phi) is 3.50. The number of likely N-dealkylation sites (tertiary alicyclic amines) is 1. The molecule has 1 atom stereocenters. The molecule has 1 aromatic carbocycles. The number of rotatable bonds is 3. The molecule has 4 rings (SSSR count). The van der Waals surface area contributed by atoms with Crippen LogP contribution in [0.3, 0.4) is 0 Å². The first kappa shape index (κ1) is 14.2. The number of phenolic OH excluding ortho intramolecular Hbond substituents is 1. The van der Waals surface area contributed by atoms with E-state index in [9.17, 15) is 5.11 Å². The topological polar surface area (TPSA) is 54.2 Å². The van der Waals surface area contributed by atoms with E-state index in [-0.39, 0.29) is 5.75 Å². The first-order valence-electron chi connectivity index (χ1n) is 8.01. The average molecular weight is 308 g/mol.